The van der Waals surface area contributed by atoms with Crippen LogP contribution in [0.15, 0.2) is 12.8 Å². The number of hydrogen-bond donors (Lipinski definition) is 0. The highest BCUT2D eigenvalue weighted by Crippen LogP contribution is 1.92. The molecule has 0 aromatic rings. The van der Waals surface area contributed by atoms with Crippen LogP contribution in [0, 0.1) is 12.5 Å². The molecule has 0 atom stereocenters. The second-order valence-electron chi connectivity index (χ2n) is 0.872. The van der Waals surface area contributed by atoms with E-state index in [-0.39, 0.29) is 0 Å². The summed E-state index contributed by atoms with van der Waals surface area (Å²) in [6.07, 6.45) is 6.61. The monoisotopic (exact) mass is 148 g/mol. The number of rotatable bonds is 3. The Labute approximate surface area is 53.4 Å². The van der Waals surface area contributed by atoms with E-state index in [4.69, 9.17) is 0 Å². The second kappa shape index (κ2) is 2.99. The normalized spacial score (nSPS) is 9.22. The molecule has 0 aliphatic rings. The fraction of sp³-hybridized carbons (Fsp3) is 0. The van der Waals surface area contributed by atoms with Gasteiger partial charge in [0.25, 0.3) is 0 Å². The molecule has 0 radical (unpaired) electrons. The fourth-order valence-corrected chi connectivity index (χ4v) is 0.486. The van der Waals surface area contributed by atoms with Crippen molar-refractivity contribution in [1.29, 1.82) is 0 Å². The minimum atomic E-state index is -4.04. The van der Waals surface area contributed by atoms with Gasteiger partial charge in [-0.25, -0.2) is 0 Å². The molecule has 0 rings (SSSR count). The maximum Gasteiger partial charge on any atom is 0.509 e. The average Bonchev–Trinajstić information content (AvgIpc) is 1.64. The van der Waals surface area contributed by atoms with Crippen LogP contribution in [0.1, 0.15) is 0 Å². The molecule has 0 amide bonds. The highest BCUT2D eigenvalue weighted by atomic mass is 32.3. The van der Waals surface area contributed by atoms with Crippen molar-refractivity contribution in [3.63, 3.8) is 0 Å². The highest BCUT2D eigenvalue weighted by molar-refractivity contribution is 7.82. The van der Waals surface area contributed by atoms with Crippen molar-refractivity contribution in [1.82, 2.24) is 0 Å². The molecule has 0 saturated carbocycles. The van der Waals surface area contributed by atoms with Crippen LogP contribution in [0.25, 0.3) is 0 Å². The fourth-order valence-electron chi connectivity index (χ4n) is 0.162. The third-order valence-electron chi connectivity index (χ3n) is 0.336. The molecule has 0 aliphatic heterocycles. The smallest absolute Gasteiger partial charge is 0.361 e. The van der Waals surface area contributed by atoms with E-state index in [0.717, 1.165) is 0 Å². The van der Waals surface area contributed by atoms with Crippen molar-refractivity contribution in [3.05, 3.63) is 12.8 Å². The predicted molar refractivity (Wildman–Crippen MR) is 30.1 cm³/mol. The lowest BCUT2D eigenvalue weighted by Crippen LogP contribution is -2.01. The molecule has 0 fully saturated rings. The molecule has 0 spiro atoms. The Morgan fingerprint density at radius 1 is 1.67 bits per heavy atom. The van der Waals surface area contributed by atoms with Crippen molar-refractivity contribution in [2.24, 2.45) is 0 Å². The minimum absolute atomic E-state index is 0.701. The molecule has 0 saturated heterocycles. The molecule has 4 nitrogen and oxygen atoms in total. The average molecular weight is 148 g/mol. The summed E-state index contributed by atoms with van der Waals surface area (Å²) in [7, 11) is -4.04. The van der Waals surface area contributed by atoms with E-state index < -0.39 is 10.4 Å². The number of hydrogen-bond acceptors (Lipinski definition) is 4. The minimum Gasteiger partial charge on any atom is -0.361 e. The lowest BCUT2D eigenvalue weighted by Gasteiger charge is -1.94. The first kappa shape index (κ1) is 7.85. The van der Waals surface area contributed by atoms with Crippen LogP contribution in [0.3, 0.4) is 0 Å². The second-order valence-corrected chi connectivity index (χ2v) is 2.05. The Kier molecular flexibility index (Phi) is 2.61. The molecule has 0 bridgehead atoms. The Morgan fingerprint density at radius 3 is 2.56 bits per heavy atom. The van der Waals surface area contributed by atoms with Crippen LogP contribution >= 0.6 is 0 Å². The summed E-state index contributed by atoms with van der Waals surface area (Å²) in [5.41, 5.74) is 0. The van der Waals surface area contributed by atoms with E-state index in [9.17, 15) is 8.42 Å². The molecule has 0 aliphatic carbocycles. The van der Waals surface area contributed by atoms with E-state index >= 15 is 0 Å². The summed E-state index contributed by atoms with van der Waals surface area (Å²) >= 11 is 0. The van der Waals surface area contributed by atoms with Gasteiger partial charge in [-0.3, -0.25) is 4.18 Å². The van der Waals surface area contributed by atoms with Gasteiger partial charge in [-0.15, -0.1) is 8.42 Å². The topological polar surface area (TPSA) is 52.6 Å². The molecule has 50 valence electrons. The zero-order chi connectivity index (χ0) is 7.33. The molecule has 0 aromatic carbocycles. The maximum absolute atomic E-state index is 10.2. The van der Waals surface area contributed by atoms with Crippen molar-refractivity contribution in [3.8, 4) is 12.5 Å². The molecule has 0 heterocycles. The van der Waals surface area contributed by atoms with Gasteiger partial charge in [0.05, 0.1) is 0 Å². The Bertz CT molecular complexity index is 219. The molecule has 0 unspecified atom stereocenters. The Balaban J connectivity index is 4.08. The Hall–Kier alpha value is -1.15. The van der Waals surface area contributed by atoms with Gasteiger partial charge < -0.3 is 4.18 Å². The summed E-state index contributed by atoms with van der Waals surface area (Å²) in [5, 5.41) is 0. The third kappa shape index (κ3) is 3.43. The van der Waals surface area contributed by atoms with E-state index in [1.54, 1.807) is 0 Å². The van der Waals surface area contributed by atoms with Gasteiger partial charge in [0, 0.05) is 0 Å². The molecular weight excluding hydrogens is 144 g/mol. The van der Waals surface area contributed by atoms with Crippen LogP contribution in [0.5, 0.6) is 0 Å². The first-order valence-electron chi connectivity index (χ1n) is 1.80. The zero-order valence-electron chi connectivity index (χ0n) is 4.40. The van der Waals surface area contributed by atoms with Gasteiger partial charge in [-0.05, 0) is 0 Å². The van der Waals surface area contributed by atoms with Gasteiger partial charge in [0.1, 0.15) is 12.4 Å². The summed E-state index contributed by atoms with van der Waals surface area (Å²) in [6.45, 7) is 2.98. The maximum atomic E-state index is 10.2. The SMILES string of the molecule is C#COS(=O)(=O)OC=C. The van der Waals surface area contributed by atoms with Crippen molar-refractivity contribution in [2.45, 2.75) is 0 Å². The molecule has 0 aromatic heterocycles. The largest absolute Gasteiger partial charge is 0.509 e. The van der Waals surface area contributed by atoms with E-state index in [2.05, 4.69) is 21.4 Å². The van der Waals surface area contributed by atoms with Gasteiger partial charge in [-0.1, -0.05) is 13.0 Å². The zero-order valence-corrected chi connectivity index (χ0v) is 5.22. The first-order chi connectivity index (χ1) is 4.12. The predicted octanol–water partition coefficient (Wildman–Crippen LogP) is -0.00140. The molecule has 5 heteroatoms. The van der Waals surface area contributed by atoms with Gasteiger partial charge >= 0.3 is 10.4 Å². The Morgan fingerprint density at radius 2 is 2.22 bits per heavy atom. The molecule has 0 N–H and O–H groups in total. The van der Waals surface area contributed by atoms with Crippen LogP contribution < -0.4 is 0 Å². The molecular formula is C4H4O4S. The molecule has 9 heavy (non-hydrogen) atoms. The van der Waals surface area contributed by atoms with Crippen LogP contribution in [0.2, 0.25) is 0 Å². The van der Waals surface area contributed by atoms with Crippen LogP contribution in [-0.4, -0.2) is 8.42 Å². The summed E-state index contributed by atoms with van der Waals surface area (Å²) < 4.78 is 27.9. The van der Waals surface area contributed by atoms with E-state index in [1.165, 1.54) is 6.11 Å². The third-order valence-corrected chi connectivity index (χ3v) is 1.01. The van der Waals surface area contributed by atoms with Crippen LogP contribution in [0.4, 0.5) is 0 Å². The quantitative estimate of drug-likeness (QED) is 0.417. The van der Waals surface area contributed by atoms with E-state index in [0.29, 0.717) is 6.26 Å². The number of terminal acetylenes is 1. The standard InChI is InChI=1S/C4H4O4S/c1-3-7-9(5,6)8-4-2/h1,4H,2H2. The van der Waals surface area contributed by atoms with Gasteiger partial charge in [0.15, 0.2) is 0 Å². The van der Waals surface area contributed by atoms with Gasteiger partial charge in [0.2, 0.25) is 0 Å². The van der Waals surface area contributed by atoms with Crippen molar-refractivity contribution < 1.29 is 16.8 Å². The van der Waals surface area contributed by atoms with Crippen molar-refractivity contribution >= 4 is 10.4 Å². The van der Waals surface area contributed by atoms with Crippen molar-refractivity contribution in [2.75, 3.05) is 0 Å². The van der Waals surface area contributed by atoms with Gasteiger partial charge in [-0.2, -0.15) is 0 Å². The lowest BCUT2D eigenvalue weighted by atomic mass is 11.2. The van der Waals surface area contributed by atoms with Crippen LogP contribution in [-0.2, 0) is 18.8 Å². The summed E-state index contributed by atoms with van der Waals surface area (Å²) in [4.78, 5) is 0. The summed E-state index contributed by atoms with van der Waals surface area (Å²) in [5.74, 6) is 0. The van der Waals surface area contributed by atoms with E-state index in [1.807, 2.05) is 0 Å². The highest BCUT2D eigenvalue weighted by Gasteiger charge is 2.06. The first-order valence-corrected chi connectivity index (χ1v) is 3.14. The lowest BCUT2D eigenvalue weighted by molar-refractivity contribution is 0.349. The summed E-state index contributed by atoms with van der Waals surface area (Å²) in [6, 6.07) is 0.